The molecule has 0 unspecified atom stereocenters. The topological polar surface area (TPSA) is 72.7 Å². The number of hydrogen-bond acceptors (Lipinski definition) is 4. The number of hydrogen-bond donors (Lipinski definition) is 2. The minimum Gasteiger partial charge on any atom is -0.454 e. The molecule has 1 aliphatic heterocycles. The molecule has 3 rings (SSSR count). The first-order chi connectivity index (χ1) is 12.3. The Morgan fingerprint density at radius 1 is 1.28 bits per heavy atom. The van der Waals surface area contributed by atoms with Crippen molar-refractivity contribution in [2.45, 2.75) is 26.3 Å². The molecular weight excluding hydrogens is 318 g/mol. The first-order valence-electron chi connectivity index (χ1n) is 8.73. The summed E-state index contributed by atoms with van der Waals surface area (Å²) in [7, 11) is 0. The van der Waals surface area contributed by atoms with Gasteiger partial charge in [0.15, 0.2) is 17.5 Å². The number of benzene rings is 1. The minimum absolute atomic E-state index is 0.312. The molecule has 2 heterocycles. The Morgan fingerprint density at radius 2 is 2.20 bits per heavy atom. The van der Waals surface area contributed by atoms with Crippen molar-refractivity contribution >= 4 is 5.96 Å². The third-order valence-corrected chi connectivity index (χ3v) is 3.86. The number of aryl methyl sites for hydroxylation is 1. The van der Waals surface area contributed by atoms with E-state index in [1.807, 2.05) is 29.1 Å². The normalized spacial score (nSPS) is 13.1. The predicted octanol–water partition coefficient (Wildman–Crippen LogP) is 1.80. The molecule has 7 nitrogen and oxygen atoms in total. The maximum atomic E-state index is 5.42. The highest BCUT2D eigenvalue weighted by Gasteiger charge is 2.12. The Hall–Kier alpha value is -2.70. The van der Waals surface area contributed by atoms with Gasteiger partial charge in [-0.25, -0.2) is 0 Å². The van der Waals surface area contributed by atoms with Crippen LogP contribution in [0.5, 0.6) is 11.5 Å². The summed E-state index contributed by atoms with van der Waals surface area (Å²) in [6.07, 6.45) is 5.62. The molecule has 1 aromatic carbocycles. The molecule has 0 atom stereocenters. The van der Waals surface area contributed by atoms with Gasteiger partial charge in [0.05, 0.1) is 0 Å². The van der Waals surface area contributed by atoms with E-state index in [1.165, 1.54) is 5.56 Å². The van der Waals surface area contributed by atoms with Gasteiger partial charge in [0.25, 0.3) is 0 Å². The summed E-state index contributed by atoms with van der Waals surface area (Å²) in [5.74, 6) is 2.50. The van der Waals surface area contributed by atoms with Crippen LogP contribution in [0.1, 0.15) is 18.9 Å². The smallest absolute Gasteiger partial charge is 0.231 e. The molecule has 0 spiro atoms. The van der Waals surface area contributed by atoms with Crippen molar-refractivity contribution in [3.8, 4) is 11.5 Å². The van der Waals surface area contributed by atoms with Gasteiger partial charge in [0.1, 0.15) is 0 Å². The maximum absolute atomic E-state index is 5.42. The number of guanidine groups is 1. The molecule has 0 amide bonds. The molecule has 0 fully saturated rings. The van der Waals surface area contributed by atoms with Gasteiger partial charge in [-0.15, -0.1) is 0 Å². The number of aliphatic imine (C=N–C) groups is 1. The van der Waals surface area contributed by atoms with Gasteiger partial charge in [-0.1, -0.05) is 6.07 Å². The second-order valence-electron chi connectivity index (χ2n) is 5.75. The lowest BCUT2D eigenvalue weighted by molar-refractivity contribution is 0.174. The van der Waals surface area contributed by atoms with E-state index >= 15 is 0 Å². The standard InChI is InChI=1S/C18H25N5O2/c1-2-19-18(20-8-3-11-23-12-4-9-22-23)21-10-7-15-5-6-16-17(13-15)25-14-24-16/h4-6,9,12-13H,2-3,7-8,10-11,14H2,1H3,(H2,19,20,21). The van der Waals surface area contributed by atoms with Crippen molar-refractivity contribution < 1.29 is 9.47 Å². The van der Waals surface area contributed by atoms with Crippen molar-refractivity contribution in [2.75, 3.05) is 26.4 Å². The molecule has 1 aliphatic rings. The molecule has 0 saturated carbocycles. The van der Waals surface area contributed by atoms with Crippen LogP contribution < -0.4 is 20.1 Å². The monoisotopic (exact) mass is 343 g/mol. The lowest BCUT2D eigenvalue weighted by atomic mass is 10.1. The first kappa shape index (κ1) is 17.1. The fraction of sp³-hybridized carbons (Fsp3) is 0.444. The number of nitrogens with one attached hydrogen (secondary N) is 2. The van der Waals surface area contributed by atoms with Crippen molar-refractivity contribution in [2.24, 2.45) is 4.99 Å². The summed E-state index contributed by atoms with van der Waals surface area (Å²) < 4.78 is 12.7. The number of aromatic nitrogens is 2. The minimum atomic E-state index is 0.312. The highest BCUT2D eigenvalue weighted by Crippen LogP contribution is 2.32. The van der Waals surface area contributed by atoms with Crippen molar-refractivity contribution in [3.63, 3.8) is 0 Å². The van der Waals surface area contributed by atoms with E-state index in [4.69, 9.17) is 9.47 Å². The molecular formula is C18H25N5O2. The average Bonchev–Trinajstić information content (AvgIpc) is 3.29. The zero-order chi connectivity index (χ0) is 17.3. The second-order valence-corrected chi connectivity index (χ2v) is 5.75. The Balaban J connectivity index is 1.42. The van der Waals surface area contributed by atoms with Gasteiger partial charge in [0, 0.05) is 38.6 Å². The molecule has 134 valence electrons. The van der Waals surface area contributed by atoms with Crippen LogP contribution in [0.25, 0.3) is 0 Å². The summed E-state index contributed by atoms with van der Waals surface area (Å²) in [6.45, 7) is 5.68. The van der Waals surface area contributed by atoms with Crippen molar-refractivity contribution in [3.05, 3.63) is 42.2 Å². The predicted molar refractivity (Wildman–Crippen MR) is 97.1 cm³/mol. The van der Waals surface area contributed by atoms with E-state index in [2.05, 4.69) is 33.7 Å². The molecule has 1 aromatic heterocycles. The van der Waals surface area contributed by atoms with Crippen LogP contribution in [-0.4, -0.2) is 42.2 Å². The second kappa shape index (κ2) is 8.96. The van der Waals surface area contributed by atoms with Gasteiger partial charge >= 0.3 is 0 Å². The van der Waals surface area contributed by atoms with Gasteiger partial charge in [-0.05, 0) is 43.5 Å². The lowest BCUT2D eigenvalue weighted by Crippen LogP contribution is -2.38. The number of fused-ring (bicyclic) bond motifs is 1. The van der Waals surface area contributed by atoms with Gasteiger partial charge < -0.3 is 20.1 Å². The van der Waals surface area contributed by atoms with Crippen LogP contribution >= 0.6 is 0 Å². The zero-order valence-corrected chi connectivity index (χ0v) is 14.6. The van der Waals surface area contributed by atoms with Crippen LogP contribution in [0.3, 0.4) is 0 Å². The van der Waals surface area contributed by atoms with Crippen LogP contribution in [0, 0.1) is 0 Å². The van der Waals surface area contributed by atoms with Crippen LogP contribution in [-0.2, 0) is 13.0 Å². The van der Waals surface area contributed by atoms with E-state index in [0.29, 0.717) is 6.79 Å². The molecule has 0 bridgehead atoms. The van der Waals surface area contributed by atoms with E-state index < -0.39 is 0 Å². The van der Waals surface area contributed by atoms with Crippen LogP contribution in [0.15, 0.2) is 41.7 Å². The van der Waals surface area contributed by atoms with Crippen molar-refractivity contribution in [1.82, 2.24) is 20.4 Å². The largest absolute Gasteiger partial charge is 0.454 e. The maximum Gasteiger partial charge on any atom is 0.231 e. The summed E-state index contributed by atoms with van der Waals surface area (Å²) in [6, 6.07) is 8.01. The Morgan fingerprint density at radius 3 is 3.04 bits per heavy atom. The first-order valence-corrected chi connectivity index (χ1v) is 8.73. The highest BCUT2D eigenvalue weighted by atomic mass is 16.7. The van der Waals surface area contributed by atoms with Gasteiger partial charge in [-0.3, -0.25) is 9.67 Å². The average molecular weight is 343 g/mol. The third kappa shape index (κ3) is 5.14. The fourth-order valence-electron chi connectivity index (χ4n) is 2.62. The number of rotatable bonds is 8. The molecule has 25 heavy (non-hydrogen) atoms. The fourth-order valence-corrected chi connectivity index (χ4v) is 2.62. The van der Waals surface area contributed by atoms with Gasteiger partial charge in [0.2, 0.25) is 6.79 Å². The summed E-state index contributed by atoms with van der Waals surface area (Å²) in [5.41, 5.74) is 1.21. The molecule has 0 aliphatic carbocycles. The van der Waals surface area contributed by atoms with E-state index in [-0.39, 0.29) is 0 Å². The molecule has 0 saturated heterocycles. The Kier molecular flexibility index (Phi) is 6.14. The van der Waals surface area contributed by atoms with E-state index in [1.54, 1.807) is 6.20 Å². The van der Waals surface area contributed by atoms with Crippen LogP contribution in [0.2, 0.25) is 0 Å². The van der Waals surface area contributed by atoms with E-state index in [9.17, 15) is 0 Å². The van der Waals surface area contributed by atoms with Crippen molar-refractivity contribution in [1.29, 1.82) is 0 Å². The molecule has 7 heteroatoms. The van der Waals surface area contributed by atoms with Crippen LogP contribution in [0.4, 0.5) is 0 Å². The van der Waals surface area contributed by atoms with Gasteiger partial charge in [-0.2, -0.15) is 5.10 Å². The Bertz CT molecular complexity index is 685. The zero-order valence-electron chi connectivity index (χ0n) is 14.6. The summed E-state index contributed by atoms with van der Waals surface area (Å²) in [4.78, 5) is 4.61. The highest BCUT2D eigenvalue weighted by molar-refractivity contribution is 5.79. The number of nitrogens with zero attached hydrogens (tertiary/aromatic N) is 3. The molecule has 0 radical (unpaired) electrons. The number of ether oxygens (including phenoxy) is 2. The third-order valence-electron chi connectivity index (χ3n) is 3.86. The quantitative estimate of drug-likeness (QED) is 0.434. The molecule has 2 N–H and O–H groups in total. The summed E-state index contributed by atoms with van der Waals surface area (Å²) in [5, 5.41) is 10.8. The SMILES string of the molecule is CCNC(=NCCCn1cccn1)NCCc1ccc2c(c1)OCO2. The molecule has 2 aromatic rings. The van der Waals surface area contributed by atoms with E-state index in [0.717, 1.165) is 56.5 Å². The summed E-state index contributed by atoms with van der Waals surface area (Å²) >= 11 is 0. The lowest BCUT2D eigenvalue weighted by Gasteiger charge is -2.11. The Labute approximate surface area is 148 Å².